The highest BCUT2D eigenvalue weighted by molar-refractivity contribution is 6.31. The molecular weight excluding hydrogens is 420 g/mol. The maximum atomic E-state index is 13.1. The van der Waals surface area contributed by atoms with Crippen LogP contribution < -0.4 is 14.4 Å². The molecule has 1 saturated heterocycles. The minimum atomic E-state index is -0.188. The van der Waals surface area contributed by atoms with E-state index in [-0.39, 0.29) is 17.7 Å². The van der Waals surface area contributed by atoms with Crippen molar-refractivity contribution in [2.24, 2.45) is 5.92 Å². The molecule has 2 aromatic rings. The molecular formula is C22H23ClN4O4. The largest absolute Gasteiger partial charge is 0.490 e. The Balaban J connectivity index is 1.44. The van der Waals surface area contributed by atoms with Crippen LogP contribution in [0.3, 0.4) is 0 Å². The molecule has 0 spiro atoms. The average molecular weight is 443 g/mol. The Hall–Kier alpha value is -3.13. The van der Waals surface area contributed by atoms with Crippen molar-refractivity contribution in [1.82, 2.24) is 14.9 Å². The molecule has 0 bridgehead atoms. The summed E-state index contributed by atoms with van der Waals surface area (Å²) in [6.07, 6.45) is 4.32. The van der Waals surface area contributed by atoms with Crippen molar-refractivity contribution in [1.29, 1.82) is 0 Å². The van der Waals surface area contributed by atoms with Crippen LogP contribution in [0, 0.1) is 5.92 Å². The van der Waals surface area contributed by atoms with Gasteiger partial charge in [0, 0.05) is 25.1 Å². The molecule has 4 rings (SSSR count). The first kappa shape index (κ1) is 21.1. The minimum absolute atomic E-state index is 0.0596. The van der Waals surface area contributed by atoms with Gasteiger partial charge in [-0.2, -0.15) is 4.98 Å². The fraction of sp³-hybridized carbons (Fsp3) is 0.364. The second kappa shape index (κ2) is 8.93. The van der Waals surface area contributed by atoms with Crippen LogP contribution in [-0.4, -0.2) is 60.0 Å². The Morgan fingerprint density at radius 3 is 3.00 bits per heavy atom. The second-order valence-corrected chi connectivity index (χ2v) is 7.89. The van der Waals surface area contributed by atoms with Gasteiger partial charge in [-0.3, -0.25) is 9.59 Å². The summed E-state index contributed by atoms with van der Waals surface area (Å²) in [7, 11) is 1.52. The minimum Gasteiger partial charge on any atom is -0.490 e. The van der Waals surface area contributed by atoms with Gasteiger partial charge < -0.3 is 19.3 Å². The number of anilines is 1. The Kier molecular flexibility index (Phi) is 6.08. The zero-order valence-electron chi connectivity index (χ0n) is 17.2. The molecule has 1 fully saturated rings. The van der Waals surface area contributed by atoms with Gasteiger partial charge in [0.05, 0.1) is 25.5 Å². The SMILES string of the molecule is C=CC(=O)N1CCOc2cc(C(=O)N3CC[C@@H](Cc4ncc(Cl)c(OC)n4)C3)ccc21. The normalized spacial score (nSPS) is 17.7. The molecule has 0 saturated carbocycles. The number of carbonyl (C=O) groups excluding carboxylic acids is 2. The molecule has 2 amide bonds. The number of fused-ring (bicyclic) bond motifs is 1. The Bertz CT molecular complexity index is 1030. The van der Waals surface area contributed by atoms with E-state index in [0.717, 1.165) is 6.42 Å². The van der Waals surface area contributed by atoms with Gasteiger partial charge in [0.2, 0.25) is 5.88 Å². The molecule has 8 nitrogen and oxygen atoms in total. The van der Waals surface area contributed by atoms with Crippen molar-refractivity contribution in [2.75, 3.05) is 38.3 Å². The maximum Gasteiger partial charge on any atom is 0.254 e. The summed E-state index contributed by atoms with van der Waals surface area (Å²) in [4.78, 5) is 37.1. The summed E-state index contributed by atoms with van der Waals surface area (Å²) in [5, 5.41) is 0.373. The highest BCUT2D eigenvalue weighted by Crippen LogP contribution is 2.33. The van der Waals surface area contributed by atoms with Crippen LogP contribution in [0.1, 0.15) is 22.6 Å². The lowest BCUT2D eigenvalue weighted by Gasteiger charge is -2.29. The van der Waals surface area contributed by atoms with E-state index >= 15 is 0 Å². The standard InChI is InChI=1S/C22H23ClN4O4/c1-3-20(28)27-8-9-31-18-11-15(4-5-17(18)27)22(29)26-7-6-14(13-26)10-19-24-12-16(23)21(25-19)30-2/h3-5,11-12,14H,1,6-10,13H2,2H3/t14-/m0/s1. The molecule has 2 aliphatic heterocycles. The van der Waals surface area contributed by atoms with Gasteiger partial charge in [0.15, 0.2) is 0 Å². The molecule has 1 aromatic heterocycles. The monoisotopic (exact) mass is 442 g/mol. The van der Waals surface area contributed by atoms with E-state index in [9.17, 15) is 9.59 Å². The van der Waals surface area contributed by atoms with Crippen LogP contribution in [0.5, 0.6) is 11.6 Å². The van der Waals surface area contributed by atoms with Gasteiger partial charge in [-0.15, -0.1) is 0 Å². The lowest BCUT2D eigenvalue weighted by Crippen LogP contribution is -2.37. The number of carbonyl (C=O) groups is 2. The average Bonchev–Trinajstić information content (AvgIpc) is 3.26. The van der Waals surface area contributed by atoms with E-state index in [1.807, 2.05) is 4.90 Å². The van der Waals surface area contributed by atoms with Crippen LogP contribution in [-0.2, 0) is 11.2 Å². The number of rotatable bonds is 5. The summed E-state index contributed by atoms with van der Waals surface area (Å²) in [5.74, 6) is 1.54. The third kappa shape index (κ3) is 4.34. The Labute approximate surface area is 185 Å². The van der Waals surface area contributed by atoms with Crippen LogP contribution >= 0.6 is 11.6 Å². The summed E-state index contributed by atoms with van der Waals surface area (Å²) < 4.78 is 10.8. The first-order valence-electron chi connectivity index (χ1n) is 10.1. The quantitative estimate of drug-likeness (QED) is 0.662. The molecule has 2 aliphatic rings. The number of benzene rings is 1. The first-order valence-corrected chi connectivity index (χ1v) is 10.4. The summed E-state index contributed by atoms with van der Waals surface area (Å²) in [6.45, 7) is 5.65. The van der Waals surface area contributed by atoms with Gasteiger partial charge in [0.25, 0.3) is 11.8 Å². The van der Waals surface area contributed by atoms with Crippen LogP contribution in [0.15, 0.2) is 37.1 Å². The molecule has 0 radical (unpaired) electrons. The van der Waals surface area contributed by atoms with Gasteiger partial charge in [0.1, 0.15) is 23.2 Å². The molecule has 0 aliphatic carbocycles. The van der Waals surface area contributed by atoms with Crippen molar-refractivity contribution in [3.63, 3.8) is 0 Å². The van der Waals surface area contributed by atoms with Crippen LogP contribution in [0.25, 0.3) is 0 Å². The fourth-order valence-corrected chi connectivity index (χ4v) is 4.11. The number of methoxy groups -OCH3 is 1. The van der Waals surface area contributed by atoms with Gasteiger partial charge in [-0.1, -0.05) is 18.2 Å². The zero-order valence-corrected chi connectivity index (χ0v) is 18.0. The number of amides is 2. The number of hydrogen-bond donors (Lipinski definition) is 0. The molecule has 162 valence electrons. The number of likely N-dealkylation sites (tertiary alicyclic amines) is 1. The van der Waals surface area contributed by atoms with E-state index in [0.29, 0.717) is 66.4 Å². The summed E-state index contributed by atoms with van der Waals surface area (Å²) in [5.41, 5.74) is 1.19. The third-order valence-corrected chi connectivity index (χ3v) is 5.77. The first-order chi connectivity index (χ1) is 15.0. The van der Waals surface area contributed by atoms with Crippen molar-refractivity contribution in [3.05, 3.63) is 53.5 Å². The van der Waals surface area contributed by atoms with Crippen LogP contribution in [0.4, 0.5) is 5.69 Å². The highest BCUT2D eigenvalue weighted by Gasteiger charge is 2.29. The van der Waals surface area contributed by atoms with Gasteiger partial charge in [-0.05, 0) is 36.6 Å². The number of nitrogens with zero attached hydrogens (tertiary/aromatic N) is 4. The zero-order chi connectivity index (χ0) is 22.0. The topological polar surface area (TPSA) is 84.9 Å². The van der Waals surface area contributed by atoms with Gasteiger partial charge in [-0.25, -0.2) is 4.98 Å². The highest BCUT2D eigenvalue weighted by atomic mass is 35.5. The van der Waals surface area contributed by atoms with Crippen LogP contribution in [0.2, 0.25) is 5.02 Å². The molecule has 3 heterocycles. The molecule has 9 heteroatoms. The van der Waals surface area contributed by atoms with E-state index in [4.69, 9.17) is 21.1 Å². The Morgan fingerprint density at radius 1 is 1.39 bits per heavy atom. The smallest absolute Gasteiger partial charge is 0.254 e. The van der Waals surface area contributed by atoms with Crippen molar-refractivity contribution in [2.45, 2.75) is 12.8 Å². The summed E-state index contributed by atoms with van der Waals surface area (Å²) in [6, 6.07) is 5.20. The number of ether oxygens (including phenoxy) is 2. The van der Waals surface area contributed by atoms with Crippen molar-refractivity contribution in [3.8, 4) is 11.6 Å². The third-order valence-electron chi connectivity index (χ3n) is 5.51. The number of hydrogen-bond acceptors (Lipinski definition) is 6. The molecule has 31 heavy (non-hydrogen) atoms. The molecule has 1 atom stereocenters. The molecule has 0 N–H and O–H groups in total. The van der Waals surface area contributed by atoms with Crippen molar-refractivity contribution >= 4 is 29.1 Å². The molecule has 0 unspecified atom stereocenters. The van der Waals surface area contributed by atoms with Crippen molar-refractivity contribution < 1.29 is 19.1 Å². The predicted octanol–water partition coefficient (Wildman–Crippen LogP) is 2.75. The van der Waals surface area contributed by atoms with E-state index in [2.05, 4.69) is 16.5 Å². The molecule has 1 aromatic carbocycles. The van der Waals surface area contributed by atoms with E-state index < -0.39 is 0 Å². The predicted molar refractivity (Wildman–Crippen MR) is 116 cm³/mol. The number of halogens is 1. The van der Waals surface area contributed by atoms with E-state index in [1.54, 1.807) is 23.1 Å². The Morgan fingerprint density at radius 2 is 2.23 bits per heavy atom. The lowest BCUT2D eigenvalue weighted by molar-refractivity contribution is -0.114. The van der Waals surface area contributed by atoms with E-state index in [1.165, 1.54) is 19.4 Å². The fourth-order valence-electron chi connectivity index (χ4n) is 3.94. The summed E-state index contributed by atoms with van der Waals surface area (Å²) >= 11 is 5.99. The number of aromatic nitrogens is 2. The maximum absolute atomic E-state index is 13.1. The lowest BCUT2D eigenvalue weighted by atomic mass is 10.0. The second-order valence-electron chi connectivity index (χ2n) is 7.48. The van der Waals surface area contributed by atoms with Gasteiger partial charge >= 0.3 is 0 Å².